The van der Waals surface area contributed by atoms with Crippen LogP contribution in [0.25, 0.3) is 0 Å². The van der Waals surface area contributed by atoms with Gasteiger partial charge in [-0.2, -0.15) is 0 Å². The molecule has 78 valence electrons. The van der Waals surface area contributed by atoms with Crippen LogP contribution < -0.4 is 4.74 Å². The van der Waals surface area contributed by atoms with Crippen molar-refractivity contribution in [2.24, 2.45) is 0 Å². The van der Waals surface area contributed by atoms with Gasteiger partial charge in [0.25, 0.3) is 0 Å². The third-order valence-electron chi connectivity index (χ3n) is 2.13. The van der Waals surface area contributed by atoms with E-state index in [1.807, 2.05) is 17.5 Å². The molecule has 0 aliphatic rings. The van der Waals surface area contributed by atoms with E-state index in [1.165, 1.54) is 11.3 Å². The van der Waals surface area contributed by atoms with Crippen molar-refractivity contribution in [1.82, 2.24) is 4.98 Å². The summed E-state index contributed by atoms with van der Waals surface area (Å²) in [5.74, 6) is 0.719. The van der Waals surface area contributed by atoms with Gasteiger partial charge in [-0.3, -0.25) is 4.98 Å². The van der Waals surface area contributed by atoms with E-state index in [4.69, 9.17) is 4.74 Å². The predicted octanol–water partition coefficient (Wildman–Crippen LogP) is 2.23. The van der Waals surface area contributed by atoms with E-state index >= 15 is 0 Å². The molecule has 1 atom stereocenters. The highest BCUT2D eigenvalue weighted by atomic mass is 32.1. The Labute approximate surface area is 92.0 Å². The topological polar surface area (TPSA) is 42.4 Å². The summed E-state index contributed by atoms with van der Waals surface area (Å²) >= 11 is 1.47. The van der Waals surface area contributed by atoms with Gasteiger partial charge in [-0.15, -0.1) is 11.3 Å². The molecule has 4 heteroatoms. The zero-order valence-corrected chi connectivity index (χ0v) is 9.07. The summed E-state index contributed by atoms with van der Waals surface area (Å²) < 4.78 is 5.16. The molecule has 2 heterocycles. The molecule has 1 unspecified atom stereocenters. The minimum atomic E-state index is -0.659. The molecule has 0 aliphatic carbocycles. The molecule has 2 aromatic rings. The van der Waals surface area contributed by atoms with E-state index < -0.39 is 6.10 Å². The van der Waals surface area contributed by atoms with Gasteiger partial charge in [0.2, 0.25) is 0 Å². The van der Waals surface area contributed by atoms with Crippen LogP contribution in [0.1, 0.15) is 16.5 Å². The molecular formula is C11H11NO2S. The van der Waals surface area contributed by atoms with Crippen molar-refractivity contribution in [3.63, 3.8) is 0 Å². The van der Waals surface area contributed by atoms with E-state index in [1.54, 1.807) is 25.6 Å². The minimum Gasteiger partial charge on any atom is -0.495 e. The maximum absolute atomic E-state index is 10.1. The van der Waals surface area contributed by atoms with Gasteiger partial charge < -0.3 is 9.84 Å². The lowest BCUT2D eigenvalue weighted by atomic mass is 10.1. The monoisotopic (exact) mass is 221 g/mol. The molecule has 0 bridgehead atoms. The number of nitrogens with zero attached hydrogens (tertiary/aromatic N) is 1. The number of ether oxygens (including phenoxy) is 1. The van der Waals surface area contributed by atoms with Crippen molar-refractivity contribution in [3.05, 3.63) is 46.4 Å². The molecule has 0 fully saturated rings. The molecule has 0 radical (unpaired) electrons. The summed E-state index contributed by atoms with van der Waals surface area (Å²) in [7, 11) is 1.60. The fourth-order valence-electron chi connectivity index (χ4n) is 1.37. The highest BCUT2D eigenvalue weighted by molar-refractivity contribution is 7.10. The number of rotatable bonds is 3. The van der Waals surface area contributed by atoms with Crippen LogP contribution >= 0.6 is 11.3 Å². The summed E-state index contributed by atoms with van der Waals surface area (Å²) in [5, 5.41) is 12.0. The largest absolute Gasteiger partial charge is 0.495 e. The highest BCUT2D eigenvalue weighted by Crippen LogP contribution is 2.34. The summed E-state index contributed by atoms with van der Waals surface area (Å²) in [5.41, 5.74) is 0.776. The van der Waals surface area contributed by atoms with Crippen LogP contribution in [0.3, 0.4) is 0 Å². The second kappa shape index (κ2) is 4.42. The van der Waals surface area contributed by atoms with Crippen LogP contribution in [0, 0.1) is 0 Å². The summed E-state index contributed by atoms with van der Waals surface area (Å²) in [4.78, 5) is 4.79. The van der Waals surface area contributed by atoms with E-state index in [0.29, 0.717) is 0 Å². The lowest BCUT2D eigenvalue weighted by Crippen LogP contribution is -1.99. The molecule has 0 spiro atoms. The van der Waals surface area contributed by atoms with Crippen LogP contribution in [-0.2, 0) is 0 Å². The van der Waals surface area contributed by atoms with Gasteiger partial charge >= 0.3 is 0 Å². The van der Waals surface area contributed by atoms with Crippen LogP contribution in [0.4, 0.5) is 0 Å². The van der Waals surface area contributed by atoms with Crippen molar-refractivity contribution in [2.45, 2.75) is 6.10 Å². The lowest BCUT2D eigenvalue weighted by Gasteiger charge is -2.10. The molecule has 1 N–H and O–H groups in total. The number of aliphatic hydroxyl groups is 1. The molecule has 0 saturated carbocycles. The summed E-state index contributed by atoms with van der Waals surface area (Å²) in [6.07, 6.45) is 2.68. The first kappa shape index (κ1) is 10.1. The SMILES string of the molecule is COc1ccsc1C(O)c1cccnc1. The molecular weight excluding hydrogens is 210 g/mol. The maximum Gasteiger partial charge on any atom is 0.135 e. The first-order valence-corrected chi connectivity index (χ1v) is 5.40. The number of hydrogen-bond donors (Lipinski definition) is 1. The van der Waals surface area contributed by atoms with Crippen LogP contribution in [-0.4, -0.2) is 17.2 Å². The minimum absolute atomic E-state index is 0.659. The Morgan fingerprint density at radius 3 is 3.00 bits per heavy atom. The van der Waals surface area contributed by atoms with Crippen molar-refractivity contribution < 1.29 is 9.84 Å². The first-order chi connectivity index (χ1) is 7.33. The van der Waals surface area contributed by atoms with E-state index in [0.717, 1.165) is 16.2 Å². The molecule has 0 aromatic carbocycles. The van der Waals surface area contributed by atoms with Crippen molar-refractivity contribution in [1.29, 1.82) is 0 Å². The Bertz CT molecular complexity index is 427. The fourth-order valence-corrected chi connectivity index (χ4v) is 2.24. The van der Waals surface area contributed by atoms with Crippen LogP contribution in [0.15, 0.2) is 36.0 Å². The summed E-state index contributed by atoms with van der Waals surface area (Å²) in [6.45, 7) is 0. The maximum atomic E-state index is 10.1. The van der Waals surface area contributed by atoms with Gasteiger partial charge in [0.15, 0.2) is 0 Å². The Hall–Kier alpha value is -1.39. The molecule has 2 aromatic heterocycles. The van der Waals surface area contributed by atoms with Crippen molar-refractivity contribution >= 4 is 11.3 Å². The molecule has 15 heavy (non-hydrogen) atoms. The Balaban J connectivity index is 2.32. The number of aliphatic hydroxyl groups excluding tert-OH is 1. The lowest BCUT2D eigenvalue weighted by molar-refractivity contribution is 0.218. The van der Waals surface area contributed by atoms with Gasteiger partial charge in [0, 0.05) is 18.0 Å². The first-order valence-electron chi connectivity index (χ1n) is 4.52. The number of aromatic nitrogens is 1. The number of methoxy groups -OCH3 is 1. The van der Waals surface area contributed by atoms with Gasteiger partial charge in [-0.1, -0.05) is 6.07 Å². The average molecular weight is 221 g/mol. The van der Waals surface area contributed by atoms with E-state index in [2.05, 4.69) is 4.98 Å². The number of hydrogen-bond acceptors (Lipinski definition) is 4. The van der Waals surface area contributed by atoms with Crippen molar-refractivity contribution in [2.75, 3.05) is 7.11 Å². The van der Waals surface area contributed by atoms with E-state index in [9.17, 15) is 5.11 Å². The molecule has 2 rings (SSSR count). The number of thiophene rings is 1. The second-order valence-electron chi connectivity index (χ2n) is 3.04. The normalized spacial score (nSPS) is 12.4. The van der Waals surface area contributed by atoms with Crippen LogP contribution in [0.2, 0.25) is 0 Å². The third-order valence-corrected chi connectivity index (χ3v) is 3.08. The Kier molecular flexibility index (Phi) is 2.99. The molecule has 0 saturated heterocycles. The third kappa shape index (κ3) is 2.00. The van der Waals surface area contributed by atoms with Gasteiger partial charge in [-0.05, 0) is 17.5 Å². The fraction of sp³-hybridized carbons (Fsp3) is 0.182. The summed E-state index contributed by atoms with van der Waals surface area (Å²) in [6, 6.07) is 5.50. The van der Waals surface area contributed by atoms with Gasteiger partial charge in [0.1, 0.15) is 11.9 Å². The highest BCUT2D eigenvalue weighted by Gasteiger charge is 2.16. The van der Waals surface area contributed by atoms with E-state index in [-0.39, 0.29) is 0 Å². The van der Waals surface area contributed by atoms with Gasteiger partial charge in [0.05, 0.1) is 12.0 Å². The Morgan fingerprint density at radius 1 is 1.47 bits per heavy atom. The standard InChI is InChI=1S/C11H11NO2S/c1-14-9-4-6-15-11(9)10(13)8-3-2-5-12-7-8/h2-7,10,13H,1H3. The van der Waals surface area contributed by atoms with Crippen molar-refractivity contribution in [3.8, 4) is 5.75 Å². The molecule has 0 amide bonds. The predicted molar refractivity (Wildman–Crippen MR) is 59.2 cm³/mol. The quantitative estimate of drug-likeness (QED) is 0.864. The smallest absolute Gasteiger partial charge is 0.135 e. The average Bonchev–Trinajstić information content (AvgIpc) is 2.77. The zero-order chi connectivity index (χ0) is 10.7. The molecule has 3 nitrogen and oxygen atoms in total. The Morgan fingerprint density at radius 2 is 2.33 bits per heavy atom. The van der Waals surface area contributed by atoms with Crippen LogP contribution in [0.5, 0.6) is 5.75 Å². The molecule has 0 aliphatic heterocycles. The second-order valence-corrected chi connectivity index (χ2v) is 3.99. The number of pyridine rings is 1. The zero-order valence-electron chi connectivity index (χ0n) is 8.25. The van der Waals surface area contributed by atoms with Gasteiger partial charge in [-0.25, -0.2) is 0 Å².